The number of carbonyl (C=O) groups excluding carboxylic acids is 2. The molecule has 3 N–H and O–H groups in total. The summed E-state index contributed by atoms with van der Waals surface area (Å²) in [6.07, 6.45) is 3.69. The van der Waals surface area contributed by atoms with Crippen LogP contribution in [0.3, 0.4) is 0 Å². The van der Waals surface area contributed by atoms with Crippen LogP contribution in [-0.2, 0) is 16.1 Å². The van der Waals surface area contributed by atoms with Crippen molar-refractivity contribution >= 4 is 61.3 Å². The fourth-order valence-corrected chi connectivity index (χ4v) is 6.39. The van der Waals surface area contributed by atoms with Crippen molar-refractivity contribution in [1.29, 1.82) is 0 Å². The summed E-state index contributed by atoms with van der Waals surface area (Å²) in [7, 11) is 0. The number of fused-ring (bicyclic) bond motifs is 3. The fourth-order valence-electron chi connectivity index (χ4n) is 6.05. The molecule has 0 spiro atoms. The lowest BCUT2D eigenvalue weighted by Crippen LogP contribution is -2.48. The van der Waals surface area contributed by atoms with Crippen LogP contribution < -0.4 is 11.1 Å². The number of amides is 2. The highest BCUT2D eigenvalue weighted by Crippen LogP contribution is 2.41. The first-order valence-electron chi connectivity index (χ1n) is 13.7. The molecule has 1 aliphatic rings. The molecule has 42 heavy (non-hydrogen) atoms. The zero-order valence-corrected chi connectivity index (χ0v) is 25.4. The third-order valence-corrected chi connectivity index (χ3v) is 8.81. The van der Waals surface area contributed by atoms with E-state index in [4.69, 9.17) is 5.73 Å². The number of pyridine rings is 2. The van der Waals surface area contributed by atoms with E-state index in [1.807, 2.05) is 42.7 Å². The minimum Gasteiger partial charge on any atom is -0.383 e. The molecule has 5 aromatic rings. The molecule has 5 heterocycles. The maximum atomic E-state index is 14.2. The molecule has 214 valence electrons. The van der Waals surface area contributed by atoms with E-state index < -0.39 is 6.04 Å². The zero-order valence-electron chi connectivity index (χ0n) is 23.8. The Labute approximate surface area is 251 Å². The number of carbonyl (C=O) groups is 2. The Kier molecular flexibility index (Phi) is 6.92. The fraction of sp³-hybridized carbons (Fsp3) is 0.290. The van der Waals surface area contributed by atoms with E-state index in [1.54, 1.807) is 29.3 Å². The zero-order chi connectivity index (χ0) is 29.8. The van der Waals surface area contributed by atoms with E-state index in [-0.39, 0.29) is 29.8 Å². The number of aryl methyl sites for hydroxylation is 1. The molecule has 1 fully saturated rings. The summed E-state index contributed by atoms with van der Waals surface area (Å²) < 4.78 is 2.51. The molecule has 0 bridgehead atoms. The van der Waals surface area contributed by atoms with Crippen LogP contribution in [-0.4, -0.2) is 53.3 Å². The normalized spacial score (nSPS) is 18.1. The molecule has 0 unspecified atom stereocenters. The van der Waals surface area contributed by atoms with E-state index in [9.17, 15) is 9.59 Å². The van der Waals surface area contributed by atoms with Gasteiger partial charge in [-0.25, -0.2) is 15.0 Å². The van der Waals surface area contributed by atoms with E-state index in [0.717, 1.165) is 27.7 Å². The summed E-state index contributed by atoms with van der Waals surface area (Å²) in [5, 5.41) is 4.44. The van der Waals surface area contributed by atoms with E-state index >= 15 is 0 Å². The second kappa shape index (κ2) is 10.5. The van der Waals surface area contributed by atoms with Crippen LogP contribution in [0.2, 0.25) is 0 Å². The van der Waals surface area contributed by atoms with Crippen molar-refractivity contribution in [3.63, 3.8) is 0 Å². The number of rotatable bonds is 5. The first kappa shape index (κ1) is 27.8. The minimum atomic E-state index is -0.659. The predicted molar refractivity (Wildman–Crippen MR) is 166 cm³/mol. The van der Waals surface area contributed by atoms with E-state index in [1.165, 1.54) is 6.33 Å². The second-order valence-electron chi connectivity index (χ2n) is 11.5. The monoisotopic (exact) mass is 626 g/mol. The summed E-state index contributed by atoms with van der Waals surface area (Å²) >= 11 is 3.35. The number of nitrogens with two attached hydrogens (primary N) is 1. The van der Waals surface area contributed by atoms with Crippen molar-refractivity contribution in [2.24, 2.45) is 5.41 Å². The van der Waals surface area contributed by atoms with E-state index in [0.29, 0.717) is 33.7 Å². The highest BCUT2D eigenvalue weighted by molar-refractivity contribution is 9.10. The molecule has 1 saturated heterocycles. The van der Waals surface area contributed by atoms with Crippen LogP contribution in [0.4, 0.5) is 11.6 Å². The van der Waals surface area contributed by atoms with E-state index in [2.05, 4.69) is 61.1 Å². The summed E-state index contributed by atoms with van der Waals surface area (Å²) in [4.78, 5) is 47.2. The van der Waals surface area contributed by atoms with Gasteiger partial charge in [-0.15, -0.1) is 0 Å². The van der Waals surface area contributed by atoms with Crippen LogP contribution >= 0.6 is 15.9 Å². The largest absolute Gasteiger partial charge is 0.383 e. The second-order valence-corrected chi connectivity index (χ2v) is 12.3. The Morgan fingerprint density at radius 3 is 2.67 bits per heavy atom. The molecular weight excluding hydrogens is 596 g/mol. The summed E-state index contributed by atoms with van der Waals surface area (Å²) in [6, 6.07) is 14.3. The van der Waals surface area contributed by atoms with Gasteiger partial charge >= 0.3 is 0 Å². The summed E-state index contributed by atoms with van der Waals surface area (Å²) in [5.74, 6) is 0.312. The maximum Gasteiger partial charge on any atom is 0.248 e. The lowest BCUT2D eigenvalue weighted by molar-refractivity contribution is -0.139. The first-order chi connectivity index (χ1) is 20.0. The number of nitrogens with one attached hydrogen (secondary N) is 1. The molecule has 2 atom stereocenters. The standard InChI is InChI=1S/C31H31BrN8O2/c1-17-12-19(21-8-5-6-11-34-21)13-20-26-28(33)35-16-36-29(26)39(27(17)20)15-25(41)40-18(2)31(3,4)14-22(40)30(42)38-24-10-7-9-23(32)37-24/h5-13,16,18,22H,14-15H2,1-4H3,(H2,33,35,36)(H,37,38,42)/t18-,22+/m1/s1. The van der Waals surface area contributed by atoms with Crippen LogP contribution in [0.15, 0.2) is 65.7 Å². The number of aromatic nitrogens is 5. The van der Waals surface area contributed by atoms with Gasteiger partial charge in [-0.3, -0.25) is 14.6 Å². The van der Waals surface area contributed by atoms with Crippen LogP contribution in [0.1, 0.15) is 32.8 Å². The highest BCUT2D eigenvalue weighted by Gasteiger charge is 2.49. The third-order valence-electron chi connectivity index (χ3n) is 8.37. The Bertz CT molecular complexity index is 1850. The number of halogens is 1. The number of hydrogen-bond acceptors (Lipinski definition) is 7. The molecule has 0 aliphatic carbocycles. The molecule has 1 aromatic carbocycles. The molecular formula is C31H31BrN8O2. The number of hydrogen-bond donors (Lipinski definition) is 2. The summed E-state index contributed by atoms with van der Waals surface area (Å²) in [5.41, 5.74) is 10.2. The van der Waals surface area contributed by atoms with Crippen molar-refractivity contribution in [2.45, 2.75) is 52.7 Å². The predicted octanol–water partition coefficient (Wildman–Crippen LogP) is 5.35. The van der Waals surface area contributed by atoms with Gasteiger partial charge in [-0.05, 0) is 83.6 Å². The van der Waals surface area contributed by atoms with Gasteiger partial charge in [-0.2, -0.15) is 0 Å². The Morgan fingerprint density at radius 1 is 1.12 bits per heavy atom. The van der Waals surface area contributed by atoms with Crippen molar-refractivity contribution in [1.82, 2.24) is 29.4 Å². The molecule has 1 aliphatic heterocycles. The van der Waals surface area contributed by atoms with Crippen molar-refractivity contribution < 1.29 is 9.59 Å². The number of anilines is 2. The Balaban J connectivity index is 1.41. The average Bonchev–Trinajstić information content (AvgIpc) is 3.40. The van der Waals surface area contributed by atoms with Gasteiger partial charge in [0.2, 0.25) is 11.8 Å². The number of likely N-dealkylation sites (tertiary alicyclic amines) is 1. The first-order valence-corrected chi connectivity index (χ1v) is 14.5. The topological polar surface area (TPSA) is 132 Å². The number of benzene rings is 1. The minimum absolute atomic E-state index is 0.0143. The van der Waals surface area contributed by atoms with Crippen molar-refractivity contribution in [3.05, 3.63) is 71.2 Å². The van der Waals surface area contributed by atoms with Crippen molar-refractivity contribution in [3.8, 4) is 11.3 Å². The number of nitrogens with zero attached hydrogens (tertiary/aromatic N) is 6. The average molecular weight is 628 g/mol. The third kappa shape index (κ3) is 4.77. The van der Waals surface area contributed by atoms with Gasteiger partial charge in [0.15, 0.2) is 0 Å². The lowest BCUT2D eigenvalue weighted by atomic mass is 9.84. The van der Waals surface area contributed by atoms with Gasteiger partial charge in [0.05, 0.1) is 16.6 Å². The molecule has 6 rings (SSSR count). The van der Waals surface area contributed by atoms with Gasteiger partial charge in [0, 0.05) is 23.2 Å². The molecule has 4 aromatic heterocycles. The smallest absolute Gasteiger partial charge is 0.248 e. The summed E-state index contributed by atoms with van der Waals surface area (Å²) in [6.45, 7) is 8.15. The highest BCUT2D eigenvalue weighted by atomic mass is 79.9. The van der Waals surface area contributed by atoms with Crippen LogP contribution in [0.5, 0.6) is 0 Å². The Hall–Kier alpha value is -4.38. The lowest BCUT2D eigenvalue weighted by Gasteiger charge is -2.31. The van der Waals surface area contributed by atoms with Gasteiger partial charge < -0.3 is 20.5 Å². The molecule has 0 radical (unpaired) electrons. The van der Waals surface area contributed by atoms with Gasteiger partial charge in [0.25, 0.3) is 0 Å². The Morgan fingerprint density at radius 2 is 1.93 bits per heavy atom. The van der Waals surface area contributed by atoms with Crippen LogP contribution in [0.25, 0.3) is 33.2 Å². The van der Waals surface area contributed by atoms with Crippen molar-refractivity contribution in [2.75, 3.05) is 11.1 Å². The quantitative estimate of drug-likeness (QED) is 0.251. The maximum absolute atomic E-state index is 14.2. The molecule has 0 saturated carbocycles. The molecule has 11 heteroatoms. The SMILES string of the molecule is Cc1cc(-c2ccccn2)cc2c3c(N)ncnc3n(CC(=O)N3[C@H](C(=O)Nc4cccc(Br)n4)CC(C)(C)[C@H]3C)c12. The van der Waals surface area contributed by atoms with Gasteiger partial charge in [0.1, 0.15) is 40.8 Å². The van der Waals surface area contributed by atoms with Gasteiger partial charge in [-0.1, -0.05) is 26.0 Å². The number of nitrogen functional groups attached to an aromatic ring is 1. The molecule has 2 amide bonds. The van der Waals surface area contributed by atoms with Crippen LogP contribution in [0, 0.1) is 12.3 Å². The molecule has 10 nitrogen and oxygen atoms in total.